The van der Waals surface area contributed by atoms with Gasteiger partial charge in [0, 0.05) is 31.5 Å². The molecule has 2 aromatic rings. The standard InChI is InChI=1S/C24H28N2O5/c1-3-26(13-12-23(28)29)22(27)14-16(2)25-24(30)31-15-21-19-10-6-4-8-17(19)18-9-5-7-11-20(18)21/h4-11,16,21H,3,12-15H2,1-2H3,(H,25,30)(H,28,29). The number of aliphatic carboxylic acids is 1. The lowest BCUT2D eigenvalue weighted by Crippen LogP contribution is -2.40. The molecule has 0 spiro atoms. The zero-order chi connectivity index (χ0) is 22.4. The summed E-state index contributed by atoms with van der Waals surface area (Å²) in [4.78, 5) is 36.9. The van der Waals surface area contributed by atoms with Gasteiger partial charge in [0.15, 0.2) is 0 Å². The summed E-state index contributed by atoms with van der Waals surface area (Å²) in [6, 6.07) is 15.8. The van der Waals surface area contributed by atoms with Crippen molar-refractivity contribution in [3.8, 4) is 11.1 Å². The van der Waals surface area contributed by atoms with E-state index in [1.165, 1.54) is 4.90 Å². The Morgan fingerprint density at radius 3 is 2.19 bits per heavy atom. The number of carboxylic acids is 1. The Morgan fingerprint density at radius 1 is 1.06 bits per heavy atom. The van der Waals surface area contributed by atoms with E-state index in [0.29, 0.717) is 6.54 Å². The van der Waals surface area contributed by atoms with Gasteiger partial charge in [0.1, 0.15) is 6.61 Å². The van der Waals surface area contributed by atoms with Gasteiger partial charge in [-0.25, -0.2) is 4.79 Å². The number of ether oxygens (including phenoxy) is 1. The van der Waals surface area contributed by atoms with Crippen LogP contribution in [0, 0.1) is 0 Å². The third-order valence-corrected chi connectivity index (χ3v) is 5.52. The van der Waals surface area contributed by atoms with Crippen LogP contribution in [0.5, 0.6) is 0 Å². The first kappa shape index (κ1) is 22.3. The molecule has 0 heterocycles. The lowest BCUT2D eigenvalue weighted by molar-refractivity contribution is -0.138. The second kappa shape index (κ2) is 10.1. The van der Waals surface area contributed by atoms with Gasteiger partial charge < -0.3 is 20.1 Å². The van der Waals surface area contributed by atoms with Gasteiger partial charge in [-0.3, -0.25) is 9.59 Å². The average molecular weight is 424 g/mol. The third-order valence-electron chi connectivity index (χ3n) is 5.52. The molecule has 0 saturated heterocycles. The Kier molecular flexibility index (Phi) is 7.28. The topological polar surface area (TPSA) is 95.9 Å². The van der Waals surface area contributed by atoms with Crippen molar-refractivity contribution in [1.82, 2.24) is 10.2 Å². The zero-order valence-corrected chi connectivity index (χ0v) is 17.8. The highest BCUT2D eigenvalue weighted by Crippen LogP contribution is 2.44. The molecule has 1 aliphatic carbocycles. The van der Waals surface area contributed by atoms with E-state index >= 15 is 0 Å². The summed E-state index contributed by atoms with van der Waals surface area (Å²) in [5, 5.41) is 11.5. The molecule has 0 bridgehead atoms. The monoisotopic (exact) mass is 424 g/mol. The van der Waals surface area contributed by atoms with E-state index in [1.807, 2.05) is 24.3 Å². The minimum atomic E-state index is -0.948. The van der Waals surface area contributed by atoms with Crippen LogP contribution in [0.1, 0.15) is 43.7 Å². The average Bonchev–Trinajstić information content (AvgIpc) is 3.06. The molecule has 0 radical (unpaired) electrons. The first-order valence-corrected chi connectivity index (χ1v) is 10.5. The van der Waals surface area contributed by atoms with E-state index < -0.39 is 18.1 Å². The van der Waals surface area contributed by atoms with Crippen LogP contribution in [0.4, 0.5) is 4.79 Å². The predicted octanol–water partition coefficient (Wildman–Crippen LogP) is 3.63. The number of carbonyl (C=O) groups excluding carboxylic acids is 2. The Balaban J connectivity index is 1.53. The van der Waals surface area contributed by atoms with E-state index in [9.17, 15) is 14.4 Å². The second-order valence-corrected chi connectivity index (χ2v) is 7.69. The molecule has 164 valence electrons. The van der Waals surface area contributed by atoms with Crippen molar-refractivity contribution >= 4 is 18.0 Å². The smallest absolute Gasteiger partial charge is 0.407 e. The molecule has 7 heteroatoms. The van der Waals surface area contributed by atoms with Crippen LogP contribution in [0.2, 0.25) is 0 Å². The number of nitrogens with zero attached hydrogens (tertiary/aromatic N) is 1. The highest BCUT2D eigenvalue weighted by molar-refractivity contribution is 5.80. The molecule has 2 N–H and O–H groups in total. The molecule has 0 fully saturated rings. The Labute approximate surface area is 182 Å². The van der Waals surface area contributed by atoms with Crippen LogP contribution in [0.3, 0.4) is 0 Å². The lowest BCUT2D eigenvalue weighted by Gasteiger charge is -2.22. The van der Waals surface area contributed by atoms with E-state index in [-0.39, 0.29) is 37.8 Å². The van der Waals surface area contributed by atoms with Crippen molar-refractivity contribution in [2.75, 3.05) is 19.7 Å². The molecule has 1 unspecified atom stereocenters. The number of fused-ring (bicyclic) bond motifs is 3. The molecular formula is C24H28N2O5. The predicted molar refractivity (Wildman–Crippen MR) is 117 cm³/mol. The lowest BCUT2D eigenvalue weighted by atomic mass is 9.98. The van der Waals surface area contributed by atoms with Crippen molar-refractivity contribution in [1.29, 1.82) is 0 Å². The number of benzene rings is 2. The summed E-state index contributed by atoms with van der Waals surface area (Å²) in [6.07, 6.45) is -0.596. The molecule has 0 saturated carbocycles. The Bertz CT molecular complexity index is 913. The van der Waals surface area contributed by atoms with Crippen LogP contribution in [-0.2, 0) is 14.3 Å². The van der Waals surface area contributed by atoms with Gasteiger partial charge in [0.2, 0.25) is 5.91 Å². The number of hydrogen-bond acceptors (Lipinski definition) is 4. The maximum absolute atomic E-state index is 12.4. The molecule has 0 aromatic heterocycles. The summed E-state index contributed by atoms with van der Waals surface area (Å²) >= 11 is 0. The maximum Gasteiger partial charge on any atom is 0.407 e. The van der Waals surface area contributed by atoms with E-state index in [2.05, 4.69) is 29.6 Å². The summed E-state index contributed by atoms with van der Waals surface area (Å²) in [5.41, 5.74) is 4.59. The normalized spacial score (nSPS) is 13.1. The summed E-state index contributed by atoms with van der Waals surface area (Å²) in [7, 11) is 0. The van der Waals surface area contributed by atoms with Gasteiger partial charge in [-0.05, 0) is 36.1 Å². The van der Waals surface area contributed by atoms with Crippen LogP contribution in [0.15, 0.2) is 48.5 Å². The fourth-order valence-corrected chi connectivity index (χ4v) is 3.97. The van der Waals surface area contributed by atoms with Gasteiger partial charge >= 0.3 is 12.1 Å². The van der Waals surface area contributed by atoms with Crippen molar-refractivity contribution in [3.63, 3.8) is 0 Å². The van der Waals surface area contributed by atoms with E-state index in [0.717, 1.165) is 22.3 Å². The van der Waals surface area contributed by atoms with Crippen LogP contribution < -0.4 is 5.32 Å². The number of rotatable bonds is 9. The highest BCUT2D eigenvalue weighted by atomic mass is 16.5. The number of hydrogen-bond donors (Lipinski definition) is 2. The molecule has 3 rings (SSSR count). The van der Waals surface area contributed by atoms with Crippen molar-refractivity contribution in [2.45, 2.75) is 38.6 Å². The van der Waals surface area contributed by atoms with Crippen molar-refractivity contribution in [3.05, 3.63) is 59.7 Å². The summed E-state index contributed by atoms with van der Waals surface area (Å²) in [6.45, 7) is 4.31. The van der Waals surface area contributed by atoms with E-state index in [1.54, 1.807) is 13.8 Å². The van der Waals surface area contributed by atoms with Gasteiger partial charge in [-0.2, -0.15) is 0 Å². The van der Waals surface area contributed by atoms with Crippen LogP contribution >= 0.6 is 0 Å². The SMILES string of the molecule is CCN(CCC(=O)O)C(=O)CC(C)NC(=O)OCC1c2ccccc2-c2ccccc21. The fourth-order valence-electron chi connectivity index (χ4n) is 3.97. The van der Waals surface area contributed by atoms with Crippen molar-refractivity contribution < 1.29 is 24.2 Å². The minimum absolute atomic E-state index is 0.0262. The van der Waals surface area contributed by atoms with Crippen molar-refractivity contribution in [2.24, 2.45) is 0 Å². The number of carboxylic acid groups (broad SMARTS) is 1. The largest absolute Gasteiger partial charge is 0.481 e. The molecule has 0 aliphatic heterocycles. The van der Waals surface area contributed by atoms with Gasteiger partial charge in [0.25, 0.3) is 0 Å². The highest BCUT2D eigenvalue weighted by Gasteiger charge is 2.29. The minimum Gasteiger partial charge on any atom is -0.481 e. The molecule has 2 aromatic carbocycles. The van der Waals surface area contributed by atoms with Crippen LogP contribution in [0.25, 0.3) is 11.1 Å². The maximum atomic E-state index is 12.4. The number of alkyl carbamates (subject to hydrolysis) is 1. The fraction of sp³-hybridized carbons (Fsp3) is 0.375. The van der Waals surface area contributed by atoms with Crippen LogP contribution in [-0.4, -0.2) is 53.7 Å². The third kappa shape index (κ3) is 5.42. The summed E-state index contributed by atoms with van der Waals surface area (Å²) in [5.74, 6) is -1.17. The molecule has 31 heavy (non-hydrogen) atoms. The molecule has 1 atom stereocenters. The zero-order valence-electron chi connectivity index (χ0n) is 17.8. The number of nitrogens with one attached hydrogen (secondary N) is 1. The molecule has 7 nitrogen and oxygen atoms in total. The number of carbonyl (C=O) groups is 3. The Hall–Kier alpha value is -3.35. The second-order valence-electron chi connectivity index (χ2n) is 7.69. The first-order valence-electron chi connectivity index (χ1n) is 10.5. The van der Waals surface area contributed by atoms with E-state index in [4.69, 9.17) is 9.84 Å². The Morgan fingerprint density at radius 2 is 1.65 bits per heavy atom. The molecule has 2 amide bonds. The summed E-state index contributed by atoms with van der Waals surface area (Å²) < 4.78 is 5.51. The number of amides is 2. The molecule has 1 aliphatic rings. The quantitative estimate of drug-likeness (QED) is 0.641. The van der Waals surface area contributed by atoms with Gasteiger partial charge in [-0.1, -0.05) is 48.5 Å². The van der Waals surface area contributed by atoms with Gasteiger partial charge in [0.05, 0.1) is 6.42 Å². The van der Waals surface area contributed by atoms with Gasteiger partial charge in [-0.15, -0.1) is 0 Å². The first-order chi connectivity index (χ1) is 14.9. The molecular weight excluding hydrogens is 396 g/mol.